The summed E-state index contributed by atoms with van der Waals surface area (Å²) < 4.78 is 17.3. The van der Waals surface area contributed by atoms with E-state index in [2.05, 4.69) is 6.92 Å². The lowest BCUT2D eigenvalue weighted by atomic mass is 10.1. The summed E-state index contributed by atoms with van der Waals surface area (Å²) in [6.07, 6.45) is 1.41. The van der Waals surface area contributed by atoms with Gasteiger partial charge in [0.1, 0.15) is 36.6 Å². The minimum absolute atomic E-state index is 0.160. The number of hydrogen-bond acceptors (Lipinski definition) is 4. The molecule has 0 spiro atoms. The van der Waals surface area contributed by atoms with Gasteiger partial charge in [0.2, 0.25) is 0 Å². The second-order valence-electron chi connectivity index (χ2n) is 6.40. The quantitative estimate of drug-likeness (QED) is 0.522. The van der Waals surface area contributed by atoms with Crippen molar-refractivity contribution in [1.82, 2.24) is 0 Å². The molecule has 0 aromatic heterocycles. The van der Waals surface area contributed by atoms with Crippen LogP contribution in [0.25, 0.3) is 10.8 Å². The van der Waals surface area contributed by atoms with E-state index >= 15 is 0 Å². The number of benzene rings is 3. The Labute approximate surface area is 160 Å². The van der Waals surface area contributed by atoms with Gasteiger partial charge < -0.3 is 19.3 Å². The van der Waals surface area contributed by atoms with Gasteiger partial charge in [-0.15, -0.1) is 0 Å². The number of para-hydroxylation sites is 1. The zero-order valence-corrected chi connectivity index (χ0v) is 15.6. The molecular weight excluding hydrogens is 340 g/mol. The zero-order valence-electron chi connectivity index (χ0n) is 15.6. The average Bonchev–Trinajstić information content (AvgIpc) is 2.72. The van der Waals surface area contributed by atoms with Crippen molar-refractivity contribution in [2.24, 2.45) is 0 Å². The summed E-state index contributed by atoms with van der Waals surface area (Å²) in [5.41, 5.74) is 0. The van der Waals surface area contributed by atoms with Crippen LogP contribution in [0.15, 0.2) is 66.7 Å². The molecule has 0 bridgehead atoms. The first kappa shape index (κ1) is 19.1. The topological polar surface area (TPSA) is 47.9 Å². The van der Waals surface area contributed by atoms with Gasteiger partial charge in [-0.05, 0) is 30.7 Å². The van der Waals surface area contributed by atoms with Gasteiger partial charge in [0, 0.05) is 10.8 Å². The van der Waals surface area contributed by atoms with Crippen LogP contribution < -0.4 is 14.2 Å². The summed E-state index contributed by atoms with van der Waals surface area (Å²) in [7, 11) is 0. The maximum Gasteiger partial charge on any atom is 0.127 e. The Morgan fingerprint density at radius 2 is 1.33 bits per heavy atom. The van der Waals surface area contributed by atoms with Crippen LogP contribution in [0.4, 0.5) is 0 Å². The van der Waals surface area contributed by atoms with E-state index in [1.165, 1.54) is 0 Å². The number of unbranched alkanes of at least 4 members (excludes halogenated alkanes) is 1. The molecule has 142 valence electrons. The Kier molecular flexibility index (Phi) is 6.94. The standard InChI is InChI=1S/C23H26O4/c1-2-3-15-25-22-13-14-23(21-12-8-7-11-20(21)22)27-17-18(24)16-26-19-9-5-4-6-10-19/h4-14,18,24H,2-3,15-17H2,1H3. The molecule has 4 nitrogen and oxygen atoms in total. The fraction of sp³-hybridized carbons (Fsp3) is 0.304. The van der Waals surface area contributed by atoms with Crippen LogP contribution in [0.1, 0.15) is 19.8 Å². The smallest absolute Gasteiger partial charge is 0.127 e. The summed E-state index contributed by atoms with van der Waals surface area (Å²) in [6, 6.07) is 21.3. The molecule has 0 fully saturated rings. The van der Waals surface area contributed by atoms with Crippen LogP contribution in [0, 0.1) is 0 Å². The molecule has 1 N–H and O–H groups in total. The van der Waals surface area contributed by atoms with E-state index in [0.717, 1.165) is 40.9 Å². The fourth-order valence-electron chi connectivity index (χ4n) is 2.77. The molecule has 0 saturated heterocycles. The van der Waals surface area contributed by atoms with Gasteiger partial charge in [0.25, 0.3) is 0 Å². The number of rotatable bonds is 10. The van der Waals surface area contributed by atoms with Crippen LogP contribution in [0.5, 0.6) is 17.2 Å². The van der Waals surface area contributed by atoms with Crippen LogP contribution in [0.2, 0.25) is 0 Å². The maximum absolute atomic E-state index is 10.2. The molecule has 0 aliphatic heterocycles. The number of hydrogen-bond donors (Lipinski definition) is 1. The van der Waals surface area contributed by atoms with Crippen LogP contribution in [-0.2, 0) is 0 Å². The summed E-state index contributed by atoms with van der Waals surface area (Å²) in [5, 5.41) is 12.2. The molecule has 0 heterocycles. The Morgan fingerprint density at radius 3 is 2.00 bits per heavy atom. The van der Waals surface area contributed by atoms with E-state index in [1.807, 2.05) is 66.7 Å². The van der Waals surface area contributed by atoms with E-state index < -0.39 is 6.10 Å². The Bertz CT molecular complexity index is 832. The SMILES string of the molecule is CCCCOc1ccc(OCC(O)COc2ccccc2)c2ccccc12. The lowest BCUT2D eigenvalue weighted by molar-refractivity contribution is 0.0632. The molecule has 0 radical (unpaired) electrons. The van der Waals surface area contributed by atoms with E-state index in [9.17, 15) is 5.11 Å². The van der Waals surface area contributed by atoms with Gasteiger partial charge in [-0.2, -0.15) is 0 Å². The van der Waals surface area contributed by atoms with Crippen molar-refractivity contribution in [3.63, 3.8) is 0 Å². The molecule has 0 saturated carbocycles. The summed E-state index contributed by atoms with van der Waals surface area (Å²) >= 11 is 0. The molecule has 3 aromatic carbocycles. The van der Waals surface area contributed by atoms with Crippen LogP contribution in [-0.4, -0.2) is 31.0 Å². The molecule has 3 aromatic rings. The van der Waals surface area contributed by atoms with Crippen molar-refractivity contribution in [2.45, 2.75) is 25.9 Å². The highest BCUT2D eigenvalue weighted by atomic mass is 16.5. The third-order valence-electron chi connectivity index (χ3n) is 4.22. The van der Waals surface area contributed by atoms with Gasteiger partial charge in [-0.3, -0.25) is 0 Å². The predicted octanol–water partition coefficient (Wildman–Crippen LogP) is 4.84. The normalized spacial score (nSPS) is 11.9. The molecular formula is C23H26O4. The highest BCUT2D eigenvalue weighted by Gasteiger charge is 2.11. The first-order valence-electron chi connectivity index (χ1n) is 9.41. The van der Waals surface area contributed by atoms with Crippen molar-refractivity contribution in [2.75, 3.05) is 19.8 Å². The fourth-order valence-corrected chi connectivity index (χ4v) is 2.77. The van der Waals surface area contributed by atoms with E-state index in [4.69, 9.17) is 14.2 Å². The van der Waals surface area contributed by atoms with Crippen molar-refractivity contribution in [3.8, 4) is 17.2 Å². The third-order valence-corrected chi connectivity index (χ3v) is 4.22. The first-order valence-corrected chi connectivity index (χ1v) is 9.41. The summed E-state index contributed by atoms with van der Waals surface area (Å²) in [4.78, 5) is 0. The molecule has 27 heavy (non-hydrogen) atoms. The lowest BCUT2D eigenvalue weighted by Gasteiger charge is -2.16. The van der Waals surface area contributed by atoms with Gasteiger partial charge in [-0.1, -0.05) is 55.8 Å². The molecule has 0 aliphatic rings. The highest BCUT2D eigenvalue weighted by molar-refractivity contribution is 5.93. The van der Waals surface area contributed by atoms with E-state index in [1.54, 1.807) is 0 Å². The van der Waals surface area contributed by atoms with Gasteiger partial charge in [0.15, 0.2) is 0 Å². The first-order chi connectivity index (χ1) is 13.3. The molecule has 3 rings (SSSR count). The van der Waals surface area contributed by atoms with Gasteiger partial charge in [-0.25, -0.2) is 0 Å². The van der Waals surface area contributed by atoms with Gasteiger partial charge in [0.05, 0.1) is 6.61 Å². The molecule has 1 unspecified atom stereocenters. The predicted molar refractivity (Wildman–Crippen MR) is 108 cm³/mol. The van der Waals surface area contributed by atoms with Crippen LogP contribution >= 0.6 is 0 Å². The zero-order chi connectivity index (χ0) is 18.9. The van der Waals surface area contributed by atoms with Crippen molar-refractivity contribution in [3.05, 3.63) is 66.7 Å². The molecule has 0 amide bonds. The molecule has 0 aliphatic carbocycles. The highest BCUT2D eigenvalue weighted by Crippen LogP contribution is 2.33. The Balaban J connectivity index is 1.62. The van der Waals surface area contributed by atoms with E-state index in [-0.39, 0.29) is 13.2 Å². The second-order valence-corrected chi connectivity index (χ2v) is 6.40. The largest absolute Gasteiger partial charge is 0.493 e. The van der Waals surface area contributed by atoms with Crippen LogP contribution in [0.3, 0.4) is 0 Å². The number of aliphatic hydroxyl groups excluding tert-OH is 1. The second kappa shape index (κ2) is 9.83. The number of fused-ring (bicyclic) bond motifs is 1. The maximum atomic E-state index is 10.2. The monoisotopic (exact) mass is 366 g/mol. The lowest BCUT2D eigenvalue weighted by Crippen LogP contribution is -2.25. The van der Waals surface area contributed by atoms with Crippen molar-refractivity contribution < 1.29 is 19.3 Å². The Hall–Kier alpha value is -2.72. The number of aliphatic hydroxyl groups is 1. The number of ether oxygens (including phenoxy) is 3. The summed E-state index contributed by atoms with van der Waals surface area (Å²) in [6.45, 7) is 3.19. The van der Waals surface area contributed by atoms with Crippen molar-refractivity contribution >= 4 is 10.8 Å². The molecule has 1 atom stereocenters. The van der Waals surface area contributed by atoms with Gasteiger partial charge >= 0.3 is 0 Å². The average molecular weight is 366 g/mol. The van der Waals surface area contributed by atoms with E-state index in [0.29, 0.717) is 6.61 Å². The van der Waals surface area contributed by atoms with Crippen molar-refractivity contribution in [1.29, 1.82) is 0 Å². The summed E-state index contributed by atoms with van der Waals surface area (Å²) in [5.74, 6) is 2.32. The Morgan fingerprint density at radius 1 is 0.741 bits per heavy atom. The minimum Gasteiger partial charge on any atom is -0.493 e. The molecule has 4 heteroatoms. The minimum atomic E-state index is -0.718. The third kappa shape index (κ3) is 5.38.